The maximum Gasteiger partial charge on any atom is 0.257 e. The quantitative estimate of drug-likeness (QED) is 0.665. The van der Waals surface area contributed by atoms with Gasteiger partial charge < -0.3 is 5.32 Å². The average Bonchev–Trinajstić information content (AvgIpc) is 2.88. The van der Waals surface area contributed by atoms with Gasteiger partial charge in [-0.1, -0.05) is 40.6 Å². The van der Waals surface area contributed by atoms with E-state index in [-0.39, 0.29) is 11.0 Å². The Balaban J connectivity index is 1.68. The Hall–Kier alpha value is -2.02. The Kier molecular flexibility index (Phi) is 4.56. The van der Waals surface area contributed by atoms with Crippen LogP contribution in [0.2, 0.25) is 5.02 Å². The van der Waals surface area contributed by atoms with E-state index in [9.17, 15) is 4.79 Å². The zero-order valence-electron chi connectivity index (χ0n) is 12.1. The number of fused-ring (bicyclic) bond motifs is 1. The normalized spacial score (nSPS) is 10.5. The number of anilines is 1. The van der Waals surface area contributed by atoms with Gasteiger partial charge in [-0.05, 0) is 49.5 Å². The van der Waals surface area contributed by atoms with E-state index in [0.29, 0.717) is 15.7 Å². The number of amides is 1. The zero-order valence-corrected chi connectivity index (χ0v) is 14.5. The van der Waals surface area contributed by atoms with Gasteiger partial charge in [0.2, 0.25) is 0 Å². The second-order valence-electron chi connectivity index (χ2n) is 4.91. The first-order valence-corrected chi connectivity index (χ1v) is 8.36. The summed E-state index contributed by atoms with van der Waals surface area (Å²) in [5.41, 5.74) is 2.47. The van der Waals surface area contributed by atoms with Gasteiger partial charge in [-0.2, -0.15) is 0 Å². The molecule has 2 N–H and O–H groups in total. The first-order chi connectivity index (χ1) is 11.0. The summed E-state index contributed by atoms with van der Waals surface area (Å²) in [6.07, 6.45) is 0. The fraction of sp³-hybridized carbons (Fsp3) is 0.0625. The third-order valence-electron chi connectivity index (χ3n) is 3.11. The number of aromatic nitrogens is 1. The Bertz CT molecular complexity index is 890. The van der Waals surface area contributed by atoms with Crippen LogP contribution in [0.15, 0.2) is 42.5 Å². The summed E-state index contributed by atoms with van der Waals surface area (Å²) in [7, 11) is 0. The molecule has 116 valence electrons. The highest BCUT2D eigenvalue weighted by Crippen LogP contribution is 2.28. The molecule has 2 aromatic carbocycles. The van der Waals surface area contributed by atoms with E-state index in [1.807, 2.05) is 31.2 Å². The van der Waals surface area contributed by atoms with Gasteiger partial charge in [-0.15, -0.1) is 0 Å². The van der Waals surface area contributed by atoms with Gasteiger partial charge in [-0.3, -0.25) is 10.1 Å². The van der Waals surface area contributed by atoms with Gasteiger partial charge in [0, 0.05) is 10.6 Å². The van der Waals surface area contributed by atoms with E-state index in [1.54, 1.807) is 18.2 Å². The number of nitrogens with zero attached hydrogens (tertiary/aromatic N) is 1. The highest BCUT2D eigenvalue weighted by atomic mass is 35.5. The molecule has 0 radical (unpaired) electrons. The van der Waals surface area contributed by atoms with Crippen molar-refractivity contribution >= 4 is 61.5 Å². The fourth-order valence-corrected chi connectivity index (χ4v) is 3.36. The molecule has 0 aliphatic rings. The summed E-state index contributed by atoms with van der Waals surface area (Å²) < 4.78 is 0.952. The Labute approximate surface area is 147 Å². The van der Waals surface area contributed by atoms with E-state index in [1.165, 1.54) is 11.3 Å². The lowest BCUT2D eigenvalue weighted by molar-refractivity contribution is 0.0978. The summed E-state index contributed by atoms with van der Waals surface area (Å²) in [6, 6.07) is 12.7. The molecule has 3 aromatic rings. The van der Waals surface area contributed by atoms with Crippen LogP contribution in [0.4, 0.5) is 5.13 Å². The van der Waals surface area contributed by atoms with Crippen LogP contribution in [0.1, 0.15) is 15.9 Å². The highest BCUT2D eigenvalue weighted by molar-refractivity contribution is 7.80. The van der Waals surface area contributed by atoms with Crippen molar-refractivity contribution in [2.24, 2.45) is 0 Å². The van der Waals surface area contributed by atoms with Gasteiger partial charge in [-0.25, -0.2) is 4.98 Å². The number of aryl methyl sites for hydroxylation is 1. The number of hydrogen-bond donors (Lipinski definition) is 2. The minimum atomic E-state index is -0.258. The predicted octanol–water partition coefficient (Wildman–Crippen LogP) is 4.38. The molecule has 23 heavy (non-hydrogen) atoms. The standard InChI is InChI=1S/C16H12ClN3OS2/c1-9-2-4-10(5-3-9)14(21)19-15(22)20-16-18-12-7-6-11(17)8-13(12)23-16/h2-8H,1H3,(H2,18,19,20,21,22). The number of rotatable bonds is 2. The van der Waals surface area contributed by atoms with Crippen LogP contribution in [-0.4, -0.2) is 16.0 Å². The molecule has 0 aliphatic carbocycles. The monoisotopic (exact) mass is 361 g/mol. The van der Waals surface area contributed by atoms with Crippen molar-refractivity contribution < 1.29 is 4.79 Å². The summed E-state index contributed by atoms with van der Waals surface area (Å²) >= 11 is 12.5. The van der Waals surface area contributed by atoms with Gasteiger partial charge in [0.25, 0.3) is 5.91 Å². The summed E-state index contributed by atoms with van der Waals surface area (Å²) in [4.78, 5) is 16.5. The molecule has 1 heterocycles. The molecule has 7 heteroatoms. The van der Waals surface area contributed by atoms with Gasteiger partial charge >= 0.3 is 0 Å². The molecular weight excluding hydrogens is 350 g/mol. The van der Waals surface area contributed by atoms with E-state index in [4.69, 9.17) is 23.8 Å². The van der Waals surface area contributed by atoms with Crippen LogP contribution >= 0.6 is 35.2 Å². The summed E-state index contributed by atoms with van der Waals surface area (Å²) in [6.45, 7) is 1.97. The van der Waals surface area contributed by atoms with E-state index in [2.05, 4.69) is 15.6 Å². The van der Waals surface area contributed by atoms with E-state index >= 15 is 0 Å². The van der Waals surface area contributed by atoms with Crippen molar-refractivity contribution in [1.29, 1.82) is 0 Å². The van der Waals surface area contributed by atoms with Crippen LogP contribution in [0.25, 0.3) is 10.2 Å². The molecule has 0 fully saturated rings. The third-order valence-corrected chi connectivity index (χ3v) is 4.48. The van der Waals surface area contributed by atoms with Crippen molar-refractivity contribution in [3.8, 4) is 0 Å². The molecule has 0 spiro atoms. The second-order valence-corrected chi connectivity index (χ2v) is 6.78. The maximum absolute atomic E-state index is 12.1. The molecule has 0 unspecified atom stereocenters. The van der Waals surface area contributed by atoms with Crippen LogP contribution in [0.3, 0.4) is 0 Å². The van der Waals surface area contributed by atoms with E-state index < -0.39 is 0 Å². The first-order valence-electron chi connectivity index (χ1n) is 6.76. The third kappa shape index (κ3) is 3.85. The number of thiocarbonyl (C=S) groups is 1. The Morgan fingerprint density at radius 3 is 2.70 bits per heavy atom. The molecule has 0 atom stereocenters. The molecule has 4 nitrogen and oxygen atoms in total. The van der Waals surface area contributed by atoms with Crippen molar-refractivity contribution in [2.45, 2.75) is 6.92 Å². The lowest BCUT2D eigenvalue weighted by Crippen LogP contribution is -2.34. The van der Waals surface area contributed by atoms with Crippen molar-refractivity contribution in [3.05, 3.63) is 58.6 Å². The second kappa shape index (κ2) is 6.62. The molecule has 0 saturated carbocycles. The Morgan fingerprint density at radius 2 is 1.96 bits per heavy atom. The SMILES string of the molecule is Cc1ccc(C(=O)NC(=S)Nc2nc3ccc(Cl)cc3s2)cc1. The molecule has 1 amide bonds. The largest absolute Gasteiger partial charge is 0.308 e. The van der Waals surface area contributed by atoms with Gasteiger partial charge in [0.15, 0.2) is 10.2 Å². The zero-order chi connectivity index (χ0) is 16.4. The topological polar surface area (TPSA) is 54.0 Å². The van der Waals surface area contributed by atoms with Crippen molar-refractivity contribution in [2.75, 3.05) is 5.32 Å². The molecule has 0 bridgehead atoms. The number of thiazole rings is 1. The molecule has 3 rings (SSSR count). The molecule has 1 aromatic heterocycles. The number of nitrogens with one attached hydrogen (secondary N) is 2. The minimum Gasteiger partial charge on any atom is -0.308 e. The van der Waals surface area contributed by atoms with Crippen LogP contribution < -0.4 is 10.6 Å². The number of benzene rings is 2. The van der Waals surface area contributed by atoms with Crippen molar-refractivity contribution in [1.82, 2.24) is 10.3 Å². The average molecular weight is 362 g/mol. The predicted molar refractivity (Wildman–Crippen MR) is 99.5 cm³/mol. The first kappa shape index (κ1) is 15.9. The van der Waals surface area contributed by atoms with E-state index in [0.717, 1.165) is 15.8 Å². The summed E-state index contributed by atoms with van der Waals surface area (Å²) in [5, 5.41) is 7.04. The molecular formula is C16H12ClN3OS2. The summed E-state index contributed by atoms with van der Waals surface area (Å²) in [5.74, 6) is -0.258. The number of carbonyl (C=O) groups is 1. The van der Waals surface area contributed by atoms with Gasteiger partial charge in [0.1, 0.15) is 0 Å². The lowest BCUT2D eigenvalue weighted by Gasteiger charge is -2.07. The number of carbonyl (C=O) groups excluding carboxylic acids is 1. The molecule has 0 saturated heterocycles. The minimum absolute atomic E-state index is 0.209. The number of hydrogen-bond acceptors (Lipinski definition) is 4. The highest BCUT2D eigenvalue weighted by Gasteiger charge is 2.10. The van der Waals surface area contributed by atoms with Crippen LogP contribution in [-0.2, 0) is 0 Å². The smallest absolute Gasteiger partial charge is 0.257 e. The lowest BCUT2D eigenvalue weighted by atomic mass is 10.1. The van der Waals surface area contributed by atoms with Crippen LogP contribution in [0, 0.1) is 6.92 Å². The number of halogens is 1. The Morgan fingerprint density at radius 1 is 1.22 bits per heavy atom. The maximum atomic E-state index is 12.1. The van der Waals surface area contributed by atoms with Crippen LogP contribution in [0.5, 0.6) is 0 Å². The fourth-order valence-electron chi connectivity index (χ4n) is 1.96. The molecule has 0 aliphatic heterocycles. The van der Waals surface area contributed by atoms with Gasteiger partial charge in [0.05, 0.1) is 10.2 Å². The van der Waals surface area contributed by atoms with Crippen molar-refractivity contribution in [3.63, 3.8) is 0 Å².